The van der Waals surface area contributed by atoms with Crippen LogP contribution in [0.25, 0.3) is 10.8 Å². The molecule has 0 saturated carbocycles. The van der Waals surface area contributed by atoms with Gasteiger partial charge in [-0.2, -0.15) is 0 Å². The van der Waals surface area contributed by atoms with E-state index in [0.29, 0.717) is 47.3 Å². The summed E-state index contributed by atoms with van der Waals surface area (Å²) in [6.45, 7) is 36.5. The van der Waals surface area contributed by atoms with E-state index in [4.69, 9.17) is 20.0 Å². The highest BCUT2D eigenvalue weighted by Crippen LogP contribution is 2.47. The molecule has 0 bridgehead atoms. The minimum atomic E-state index is 0.295. The highest BCUT2D eigenvalue weighted by atomic mass is 14.9. The molecular weight excluding hydrogens is 801 g/mol. The Morgan fingerprint density at radius 3 is 0.515 bits per heavy atom. The summed E-state index contributed by atoms with van der Waals surface area (Å²) in [7, 11) is 0. The SMILES string of the molecule is CC(C)c1cccc(C(C)C)c1N=C1C(=Nc2c(C(C)C)cccc2C(C)C)c2ccc3c4c(ccc1c24)C(=Nc1c(C(C)C)cccc1C(C)C)C3=Nc1c(C(C)C)cccc1C(C)C. The van der Waals surface area contributed by atoms with E-state index in [9.17, 15) is 0 Å². The molecule has 0 amide bonds. The van der Waals surface area contributed by atoms with Crippen molar-refractivity contribution >= 4 is 56.4 Å². The zero-order chi connectivity index (χ0) is 47.5. The molecule has 0 aromatic heterocycles. The van der Waals surface area contributed by atoms with Gasteiger partial charge < -0.3 is 0 Å². The number of rotatable bonds is 12. The van der Waals surface area contributed by atoms with Crippen molar-refractivity contribution in [2.45, 2.75) is 158 Å². The first-order valence-electron chi connectivity index (χ1n) is 24.9. The summed E-state index contributed by atoms with van der Waals surface area (Å²) in [6.07, 6.45) is 0. The van der Waals surface area contributed by atoms with Crippen LogP contribution in [0.3, 0.4) is 0 Å². The number of aliphatic imine (C=N–C) groups is 4. The highest BCUT2D eigenvalue weighted by Gasteiger charge is 2.37. The molecule has 6 aromatic rings. The molecule has 0 fully saturated rings. The third-order valence-electron chi connectivity index (χ3n) is 13.9. The van der Waals surface area contributed by atoms with Crippen LogP contribution < -0.4 is 0 Å². The van der Waals surface area contributed by atoms with Crippen LogP contribution in [0.1, 0.15) is 225 Å². The molecule has 2 aliphatic rings. The third kappa shape index (κ3) is 8.24. The van der Waals surface area contributed by atoms with Gasteiger partial charge >= 0.3 is 0 Å². The maximum absolute atomic E-state index is 5.87. The lowest BCUT2D eigenvalue weighted by molar-refractivity contribution is 0.834. The zero-order valence-corrected chi connectivity index (χ0v) is 42.6. The summed E-state index contributed by atoms with van der Waals surface area (Å²) in [5.74, 6) is 2.36. The number of para-hydroxylation sites is 4. The number of nitrogens with zero attached hydrogens (tertiary/aromatic N) is 4. The van der Waals surface area contributed by atoms with Crippen LogP contribution in [0.5, 0.6) is 0 Å². The van der Waals surface area contributed by atoms with Gasteiger partial charge in [-0.15, -0.1) is 0 Å². The molecule has 340 valence electrons. The molecule has 0 radical (unpaired) electrons. The largest absolute Gasteiger partial charge is 0.245 e. The van der Waals surface area contributed by atoms with E-state index in [0.717, 1.165) is 67.9 Å². The van der Waals surface area contributed by atoms with Gasteiger partial charge in [0.15, 0.2) is 0 Å². The number of hydrogen-bond donors (Lipinski definition) is 0. The van der Waals surface area contributed by atoms with Crippen LogP contribution in [-0.4, -0.2) is 22.8 Å². The second-order valence-electron chi connectivity index (χ2n) is 21.3. The lowest BCUT2D eigenvalue weighted by Crippen LogP contribution is -2.13. The molecule has 8 rings (SSSR count). The monoisotopic (exact) mass is 873 g/mol. The van der Waals surface area contributed by atoms with Gasteiger partial charge in [0, 0.05) is 33.0 Å². The van der Waals surface area contributed by atoms with E-state index in [1.54, 1.807) is 0 Å². The fourth-order valence-corrected chi connectivity index (χ4v) is 10.3. The Balaban J connectivity index is 1.54. The predicted octanol–water partition coefficient (Wildman–Crippen LogP) is 18.3. The van der Waals surface area contributed by atoms with Crippen LogP contribution >= 0.6 is 0 Å². The first-order chi connectivity index (χ1) is 31.4. The smallest absolute Gasteiger partial charge is 0.0979 e. The minimum absolute atomic E-state index is 0.295. The second kappa shape index (κ2) is 18.5. The van der Waals surface area contributed by atoms with Crippen molar-refractivity contribution in [1.29, 1.82) is 0 Å². The van der Waals surface area contributed by atoms with Gasteiger partial charge in [0.05, 0.1) is 45.6 Å². The van der Waals surface area contributed by atoms with Gasteiger partial charge in [0.2, 0.25) is 0 Å². The Bertz CT molecular complexity index is 2470. The standard InChI is InChI=1S/C62H72N4/c1-33(2)41-21-17-22-42(34(3)4)55(41)63-59-49-29-30-51-54-52(32-31-50(53(49)54)60(59)64-56-43(35(5)6)23-18-24-44(56)36(7)8)62(66-58-47(39(13)14)27-20-28-48(58)40(15)16)61(51)65-57-45(37(9)10)25-19-26-46(57)38(11)12/h17-40H,1-16H3. The van der Waals surface area contributed by atoms with E-state index in [1.807, 2.05) is 0 Å². The number of benzene rings is 6. The average Bonchev–Trinajstić information content (AvgIpc) is 3.72. The molecule has 66 heavy (non-hydrogen) atoms. The Morgan fingerprint density at radius 2 is 0.379 bits per heavy atom. The van der Waals surface area contributed by atoms with Crippen molar-refractivity contribution in [3.63, 3.8) is 0 Å². The quantitative estimate of drug-likeness (QED) is 0.118. The molecule has 0 aliphatic heterocycles. The van der Waals surface area contributed by atoms with Gasteiger partial charge in [-0.25, -0.2) is 20.0 Å². The summed E-state index contributed by atoms with van der Waals surface area (Å²) < 4.78 is 0. The molecule has 4 heteroatoms. The van der Waals surface area contributed by atoms with Crippen LogP contribution in [0.15, 0.2) is 117 Å². The van der Waals surface area contributed by atoms with E-state index in [2.05, 4.69) is 208 Å². The van der Waals surface area contributed by atoms with Gasteiger partial charge in [0.1, 0.15) is 0 Å². The van der Waals surface area contributed by atoms with Gasteiger partial charge in [-0.3, -0.25) is 0 Å². The lowest BCUT2D eigenvalue weighted by Gasteiger charge is -2.19. The first kappa shape index (κ1) is 46.8. The Kier molecular flexibility index (Phi) is 13.1. The molecule has 0 N–H and O–H groups in total. The molecule has 0 atom stereocenters. The molecule has 0 unspecified atom stereocenters. The fraction of sp³-hybridized carbons (Fsp3) is 0.387. The van der Waals surface area contributed by atoms with E-state index >= 15 is 0 Å². The Morgan fingerprint density at radius 1 is 0.227 bits per heavy atom. The normalized spacial score (nSPS) is 16.2. The molecule has 0 heterocycles. The van der Waals surface area contributed by atoms with Crippen molar-refractivity contribution in [3.8, 4) is 0 Å². The summed E-state index contributed by atoms with van der Waals surface area (Å²) >= 11 is 0. The Labute approximate surface area is 396 Å². The summed E-state index contributed by atoms with van der Waals surface area (Å²) in [5, 5.41) is 2.37. The Hall–Kier alpha value is -5.74. The van der Waals surface area contributed by atoms with E-state index < -0.39 is 0 Å². The van der Waals surface area contributed by atoms with E-state index in [1.165, 1.54) is 55.3 Å². The zero-order valence-electron chi connectivity index (χ0n) is 42.6. The molecular formula is C62H72N4. The van der Waals surface area contributed by atoms with Gasteiger partial charge in [-0.1, -0.05) is 208 Å². The highest BCUT2D eigenvalue weighted by molar-refractivity contribution is 6.66. The van der Waals surface area contributed by atoms with Crippen LogP contribution in [-0.2, 0) is 0 Å². The van der Waals surface area contributed by atoms with Gasteiger partial charge in [-0.05, 0) is 91.9 Å². The number of hydrogen-bond acceptors (Lipinski definition) is 4. The van der Waals surface area contributed by atoms with Crippen LogP contribution in [0.2, 0.25) is 0 Å². The molecule has 4 nitrogen and oxygen atoms in total. The van der Waals surface area contributed by atoms with Crippen molar-refractivity contribution in [1.82, 2.24) is 0 Å². The van der Waals surface area contributed by atoms with Crippen molar-refractivity contribution in [3.05, 3.63) is 164 Å². The van der Waals surface area contributed by atoms with E-state index in [-0.39, 0.29) is 0 Å². The van der Waals surface area contributed by atoms with Crippen molar-refractivity contribution in [2.24, 2.45) is 20.0 Å². The van der Waals surface area contributed by atoms with Crippen LogP contribution in [0, 0.1) is 0 Å². The summed E-state index contributed by atoms with van der Waals surface area (Å²) in [5.41, 5.74) is 22.5. The van der Waals surface area contributed by atoms with Crippen molar-refractivity contribution < 1.29 is 0 Å². The third-order valence-corrected chi connectivity index (χ3v) is 13.9. The summed E-state index contributed by atoms with van der Waals surface area (Å²) in [4.78, 5) is 23.5. The molecule has 0 saturated heterocycles. The maximum Gasteiger partial charge on any atom is 0.0979 e. The molecule has 2 aliphatic carbocycles. The first-order valence-corrected chi connectivity index (χ1v) is 24.9. The lowest BCUT2D eigenvalue weighted by atomic mass is 9.92. The topological polar surface area (TPSA) is 49.4 Å². The van der Waals surface area contributed by atoms with Gasteiger partial charge in [0.25, 0.3) is 0 Å². The fourth-order valence-electron chi connectivity index (χ4n) is 10.3. The average molecular weight is 873 g/mol. The maximum atomic E-state index is 5.87. The summed E-state index contributed by atoms with van der Waals surface area (Å²) in [6, 6.07) is 36.2. The molecule has 0 spiro atoms. The second-order valence-corrected chi connectivity index (χ2v) is 21.3. The van der Waals surface area contributed by atoms with Crippen molar-refractivity contribution in [2.75, 3.05) is 0 Å². The molecule has 6 aromatic carbocycles. The predicted molar refractivity (Wildman–Crippen MR) is 287 cm³/mol. The minimum Gasteiger partial charge on any atom is -0.245 e. The van der Waals surface area contributed by atoms with Crippen LogP contribution in [0.4, 0.5) is 22.7 Å².